The van der Waals surface area contributed by atoms with Crippen molar-refractivity contribution in [3.05, 3.63) is 29.8 Å². The van der Waals surface area contributed by atoms with Gasteiger partial charge in [0, 0.05) is 17.0 Å². The third kappa shape index (κ3) is 3.60. The van der Waals surface area contributed by atoms with Gasteiger partial charge in [-0.2, -0.15) is 0 Å². The van der Waals surface area contributed by atoms with E-state index in [2.05, 4.69) is 50.4 Å². The van der Waals surface area contributed by atoms with E-state index in [9.17, 15) is 0 Å². The van der Waals surface area contributed by atoms with Crippen LogP contribution in [-0.2, 0) is 0 Å². The normalized spacial score (nSPS) is 28.4. The largest absolute Gasteiger partial charge is 0.493 e. The molecule has 0 bridgehead atoms. The molecule has 3 unspecified atom stereocenters. The fraction of sp³-hybridized carbons (Fsp3) is 0.684. The number of hydrogen-bond donors (Lipinski definition) is 1. The van der Waals surface area contributed by atoms with Crippen molar-refractivity contribution in [2.45, 2.75) is 57.9 Å². The summed E-state index contributed by atoms with van der Waals surface area (Å²) in [4.78, 5) is 0. The molecule has 1 saturated carbocycles. The molecule has 2 aliphatic rings. The van der Waals surface area contributed by atoms with Gasteiger partial charge >= 0.3 is 0 Å². The summed E-state index contributed by atoms with van der Waals surface area (Å²) in [7, 11) is 0. The standard InChI is InChI=1S/C19H29NO/c1-19(2,3)20-12-15-8-6-7-14(15)11-16-13-21-18-10-5-4-9-17(16)18/h4-5,9-10,14-16,20H,6-8,11-13H2,1-3H3. The van der Waals surface area contributed by atoms with E-state index in [0.29, 0.717) is 5.92 Å². The van der Waals surface area contributed by atoms with E-state index in [0.717, 1.165) is 24.2 Å². The molecule has 0 radical (unpaired) electrons. The molecule has 1 heterocycles. The highest BCUT2D eigenvalue weighted by Crippen LogP contribution is 2.43. The van der Waals surface area contributed by atoms with Gasteiger partial charge in [0.15, 0.2) is 0 Å². The van der Waals surface area contributed by atoms with Gasteiger partial charge < -0.3 is 10.1 Å². The highest BCUT2D eigenvalue weighted by atomic mass is 16.5. The molecule has 3 atom stereocenters. The molecule has 1 aliphatic heterocycles. The predicted molar refractivity (Wildman–Crippen MR) is 87.9 cm³/mol. The average Bonchev–Trinajstić information content (AvgIpc) is 3.04. The first-order valence-electron chi connectivity index (χ1n) is 8.50. The molecule has 1 aromatic rings. The summed E-state index contributed by atoms with van der Waals surface area (Å²) in [5.41, 5.74) is 1.67. The van der Waals surface area contributed by atoms with Gasteiger partial charge in [-0.15, -0.1) is 0 Å². The van der Waals surface area contributed by atoms with E-state index in [1.807, 2.05) is 0 Å². The predicted octanol–water partition coefficient (Wildman–Crippen LogP) is 4.36. The van der Waals surface area contributed by atoms with Gasteiger partial charge in [0.2, 0.25) is 0 Å². The summed E-state index contributed by atoms with van der Waals surface area (Å²) in [5, 5.41) is 3.71. The molecule has 3 rings (SSSR count). The zero-order valence-corrected chi connectivity index (χ0v) is 13.7. The molecule has 0 aromatic heterocycles. The maximum Gasteiger partial charge on any atom is 0.122 e. The smallest absolute Gasteiger partial charge is 0.122 e. The second-order valence-corrected chi connectivity index (χ2v) is 7.86. The topological polar surface area (TPSA) is 21.3 Å². The number of benzene rings is 1. The molecule has 2 heteroatoms. The molecule has 0 spiro atoms. The number of fused-ring (bicyclic) bond motifs is 1. The highest BCUT2D eigenvalue weighted by Gasteiger charge is 2.33. The van der Waals surface area contributed by atoms with Crippen molar-refractivity contribution in [2.24, 2.45) is 11.8 Å². The second kappa shape index (κ2) is 6.00. The quantitative estimate of drug-likeness (QED) is 0.888. The lowest BCUT2D eigenvalue weighted by Crippen LogP contribution is -2.40. The number of rotatable bonds is 4. The Morgan fingerprint density at radius 1 is 1.14 bits per heavy atom. The molecular formula is C19H29NO. The van der Waals surface area contributed by atoms with Crippen molar-refractivity contribution < 1.29 is 4.74 Å². The first-order valence-corrected chi connectivity index (χ1v) is 8.50. The Morgan fingerprint density at radius 3 is 2.71 bits per heavy atom. The Hall–Kier alpha value is -1.02. The van der Waals surface area contributed by atoms with Gasteiger partial charge in [0.05, 0.1) is 6.61 Å². The first kappa shape index (κ1) is 14.9. The van der Waals surface area contributed by atoms with E-state index in [1.54, 1.807) is 0 Å². The molecule has 1 aromatic carbocycles. The van der Waals surface area contributed by atoms with E-state index in [-0.39, 0.29) is 5.54 Å². The molecule has 21 heavy (non-hydrogen) atoms. The van der Waals surface area contributed by atoms with Gasteiger partial charge in [0.25, 0.3) is 0 Å². The lowest BCUT2D eigenvalue weighted by molar-refractivity contribution is 0.266. The Kier molecular flexibility index (Phi) is 4.26. The Balaban J connectivity index is 1.60. The number of ether oxygens (including phenoxy) is 1. The van der Waals surface area contributed by atoms with Crippen LogP contribution in [0.25, 0.3) is 0 Å². The van der Waals surface area contributed by atoms with Crippen molar-refractivity contribution in [1.29, 1.82) is 0 Å². The molecule has 0 amide bonds. The maximum atomic E-state index is 5.86. The van der Waals surface area contributed by atoms with E-state index in [1.165, 1.54) is 37.8 Å². The van der Waals surface area contributed by atoms with E-state index < -0.39 is 0 Å². The van der Waals surface area contributed by atoms with Gasteiger partial charge in [-0.1, -0.05) is 31.0 Å². The van der Waals surface area contributed by atoms with E-state index in [4.69, 9.17) is 4.74 Å². The minimum Gasteiger partial charge on any atom is -0.493 e. The Bertz CT molecular complexity index is 477. The minimum atomic E-state index is 0.232. The van der Waals surface area contributed by atoms with Gasteiger partial charge in [-0.25, -0.2) is 0 Å². The molecule has 1 aliphatic carbocycles. The van der Waals surface area contributed by atoms with Crippen molar-refractivity contribution in [1.82, 2.24) is 5.32 Å². The van der Waals surface area contributed by atoms with E-state index >= 15 is 0 Å². The molecule has 1 N–H and O–H groups in total. The summed E-state index contributed by atoms with van der Waals surface area (Å²) < 4.78 is 5.86. The van der Waals surface area contributed by atoms with Crippen LogP contribution in [0.5, 0.6) is 5.75 Å². The van der Waals surface area contributed by atoms with Crippen LogP contribution in [0.1, 0.15) is 57.9 Å². The third-order valence-corrected chi connectivity index (χ3v) is 5.10. The van der Waals surface area contributed by atoms with Crippen molar-refractivity contribution in [2.75, 3.05) is 13.2 Å². The second-order valence-electron chi connectivity index (χ2n) is 7.86. The number of nitrogens with one attached hydrogen (secondary N) is 1. The molecule has 116 valence electrons. The average molecular weight is 287 g/mol. The fourth-order valence-electron chi connectivity index (χ4n) is 3.92. The van der Waals surface area contributed by atoms with Crippen LogP contribution in [0.4, 0.5) is 0 Å². The number of hydrogen-bond acceptors (Lipinski definition) is 2. The van der Waals surface area contributed by atoms with Crippen LogP contribution < -0.4 is 10.1 Å². The van der Waals surface area contributed by atoms with Crippen LogP contribution in [-0.4, -0.2) is 18.7 Å². The van der Waals surface area contributed by atoms with Crippen LogP contribution in [0.3, 0.4) is 0 Å². The van der Waals surface area contributed by atoms with Gasteiger partial charge in [-0.3, -0.25) is 0 Å². The van der Waals surface area contributed by atoms with Crippen LogP contribution in [0, 0.1) is 11.8 Å². The minimum absolute atomic E-state index is 0.232. The van der Waals surface area contributed by atoms with Gasteiger partial charge in [0.1, 0.15) is 5.75 Å². The van der Waals surface area contributed by atoms with Gasteiger partial charge in [-0.05, 0) is 58.1 Å². The molecule has 2 nitrogen and oxygen atoms in total. The lowest BCUT2D eigenvalue weighted by atomic mass is 9.84. The fourth-order valence-corrected chi connectivity index (χ4v) is 3.92. The van der Waals surface area contributed by atoms with Crippen LogP contribution in [0.15, 0.2) is 24.3 Å². The summed E-state index contributed by atoms with van der Waals surface area (Å²) in [6.45, 7) is 8.84. The van der Waals surface area contributed by atoms with Crippen LogP contribution in [0.2, 0.25) is 0 Å². The summed E-state index contributed by atoms with van der Waals surface area (Å²) in [5.74, 6) is 3.43. The summed E-state index contributed by atoms with van der Waals surface area (Å²) >= 11 is 0. The maximum absolute atomic E-state index is 5.86. The Morgan fingerprint density at radius 2 is 1.90 bits per heavy atom. The monoisotopic (exact) mass is 287 g/mol. The molecule has 1 fully saturated rings. The van der Waals surface area contributed by atoms with Crippen molar-refractivity contribution in [3.63, 3.8) is 0 Å². The molecular weight excluding hydrogens is 258 g/mol. The Labute approximate surface area is 129 Å². The third-order valence-electron chi connectivity index (χ3n) is 5.10. The lowest BCUT2D eigenvalue weighted by Gasteiger charge is -2.27. The number of para-hydroxylation sites is 1. The summed E-state index contributed by atoms with van der Waals surface area (Å²) in [6, 6.07) is 8.59. The highest BCUT2D eigenvalue weighted by molar-refractivity contribution is 5.39. The van der Waals surface area contributed by atoms with Crippen molar-refractivity contribution in [3.8, 4) is 5.75 Å². The summed E-state index contributed by atoms with van der Waals surface area (Å²) in [6.07, 6.45) is 5.49. The zero-order chi connectivity index (χ0) is 14.9. The van der Waals surface area contributed by atoms with Crippen molar-refractivity contribution >= 4 is 0 Å². The van der Waals surface area contributed by atoms with Crippen LogP contribution >= 0.6 is 0 Å². The zero-order valence-electron chi connectivity index (χ0n) is 13.7. The first-order chi connectivity index (χ1) is 10.0. The SMILES string of the molecule is CC(C)(C)NCC1CCCC1CC1COc2ccccc21. The molecule has 0 saturated heterocycles.